The Morgan fingerprint density at radius 2 is 1.85 bits per heavy atom. The molecule has 0 amide bonds. The molecule has 0 atom stereocenters. The zero-order chi connectivity index (χ0) is 15.2. The summed E-state index contributed by atoms with van der Waals surface area (Å²) in [7, 11) is 0.991. The Morgan fingerprint density at radius 3 is 2.40 bits per heavy atom. The Bertz CT molecular complexity index is 539. The van der Waals surface area contributed by atoms with Gasteiger partial charge < -0.3 is 4.74 Å². The minimum absolute atomic E-state index is 0.0677. The van der Waals surface area contributed by atoms with Crippen molar-refractivity contribution in [2.24, 2.45) is 5.41 Å². The van der Waals surface area contributed by atoms with Crippen LogP contribution >= 0.6 is 10.7 Å². The summed E-state index contributed by atoms with van der Waals surface area (Å²) < 4.78 is 31.1. The quantitative estimate of drug-likeness (QED) is 0.570. The molecule has 0 heterocycles. The van der Waals surface area contributed by atoms with Crippen molar-refractivity contribution in [1.29, 1.82) is 0 Å². The second-order valence-electron chi connectivity index (χ2n) is 5.07. The number of ether oxygens (including phenoxy) is 1. The van der Waals surface area contributed by atoms with Crippen LogP contribution in [0.5, 0.6) is 0 Å². The molecule has 0 aromatic heterocycles. The third-order valence-electron chi connectivity index (χ3n) is 2.61. The van der Waals surface area contributed by atoms with Crippen LogP contribution in [0.15, 0.2) is 30.3 Å². The van der Waals surface area contributed by atoms with Gasteiger partial charge in [0.2, 0.25) is 0 Å². The summed E-state index contributed by atoms with van der Waals surface area (Å²) in [4.78, 5) is 11.7. The number of hydrogen-bond acceptors (Lipinski definition) is 5. The summed E-state index contributed by atoms with van der Waals surface area (Å²) in [6.45, 7) is 3.70. The third kappa shape index (κ3) is 6.88. The van der Waals surface area contributed by atoms with Gasteiger partial charge in [0.05, 0.1) is 18.8 Å². The highest BCUT2D eigenvalue weighted by Gasteiger charge is 2.22. The molecule has 20 heavy (non-hydrogen) atoms. The van der Waals surface area contributed by atoms with Gasteiger partial charge in [0.1, 0.15) is 0 Å². The predicted octanol–water partition coefficient (Wildman–Crippen LogP) is 2.76. The van der Waals surface area contributed by atoms with E-state index in [0.717, 1.165) is 0 Å². The molecule has 112 valence electrons. The van der Waals surface area contributed by atoms with Gasteiger partial charge in [-0.05, 0) is 24.0 Å². The maximum absolute atomic E-state index is 11.7. The first-order chi connectivity index (χ1) is 9.20. The third-order valence-corrected chi connectivity index (χ3v) is 3.28. The largest absolute Gasteiger partial charge is 0.462 e. The first-order valence-electron chi connectivity index (χ1n) is 6.01. The van der Waals surface area contributed by atoms with Gasteiger partial charge in [-0.3, -0.25) is 4.18 Å². The van der Waals surface area contributed by atoms with Gasteiger partial charge in [-0.15, -0.1) is 0 Å². The number of benzene rings is 1. The molecule has 0 unspecified atom stereocenters. The lowest BCUT2D eigenvalue weighted by Gasteiger charge is -2.22. The molecule has 1 aromatic carbocycles. The van der Waals surface area contributed by atoms with Crippen molar-refractivity contribution in [3.05, 3.63) is 35.9 Å². The van der Waals surface area contributed by atoms with Crippen LogP contribution in [-0.4, -0.2) is 27.6 Å². The molecule has 5 nitrogen and oxygen atoms in total. The van der Waals surface area contributed by atoms with Crippen LogP contribution in [0.1, 0.15) is 30.6 Å². The molecule has 0 radical (unpaired) electrons. The fourth-order valence-electron chi connectivity index (χ4n) is 1.38. The zero-order valence-corrected chi connectivity index (χ0v) is 12.9. The molecule has 0 aliphatic rings. The van der Waals surface area contributed by atoms with E-state index in [0.29, 0.717) is 12.0 Å². The van der Waals surface area contributed by atoms with E-state index in [4.69, 9.17) is 15.4 Å². The SMILES string of the molecule is CC(C)(CCOC(=O)c1ccccc1)COS(=O)(=O)Cl. The number of halogens is 1. The van der Waals surface area contributed by atoms with E-state index in [1.54, 1.807) is 38.1 Å². The second kappa shape index (κ2) is 7.06. The lowest BCUT2D eigenvalue weighted by Crippen LogP contribution is -2.23. The number of carbonyl (C=O) groups excluding carboxylic acids is 1. The molecule has 0 aliphatic carbocycles. The van der Waals surface area contributed by atoms with Gasteiger partial charge in [-0.2, -0.15) is 8.42 Å². The first kappa shape index (κ1) is 16.9. The van der Waals surface area contributed by atoms with Gasteiger partial charge in [0.25, 0.3) is 0 Å². The van der Waals surface area contributed by atoms with E-state index in [1.165, 1.54) is 0 Å². The number of rotatable bonds is 7. The highest BCUT2D eigenvalue weighted by Crippen LogP contribution is 2.22. The molecule has 0 aliphatic heterocycles. The van der Waals surface area contributed by atoms with E-state index in [-0.39, 0.29) is 13.2 Å². The molecule has 0 N–H and O–H groups in total. The van der Waals surface area contributed by atoms with Crippen LogP contribution in [0.4, 0.5) is 0 Å². The molecule has 0 bridgehead atoms. The Labute approximate surface area is 123 Å². The Kier molecular flexibility index (Phi) is 5.98. The van der Waals surface area contributed by atoms with Crippen molar-refractivity contribution < 1.29 is 22.1 Å². The van der Waals surface area contributed by atoms with Crippen molar-refractivity contribution in [2.75, 3.05) is 13.2 Å². The van der Waals surface area contributed by atoms with Crippen LogP contribution in [-0.2, 0) is 18.3 Å². The number of carbonyl (C=O) groups is 1. The predicted molar refractivity (Wildman–Crippen MR) is 75.8 cm³/mol. The Morgan fingerprint density at radius 1 is 1.25 bits per heavy atom. The van der Waals surface area contributed by atoms with E-state index < -0.39 is 20.7 Å². The molecule has 1 rings (SSSR count). The maximum Gasteiger partial charge on any atom is 0.355 e. The Hall–Kier alpha value is -1.11. The molecule has 1 aromatic rings. The molecule has 0 saturated heterocycles. The zero-order valence-electron chi connectivity index (χ0n) is 11.3. The minimum Gasteiger partial charge on any atom is -0.462 e. The number of hydrogen-bond donors (Lipinski definition) is 0. The van der Waals surface area contributed by atoms with Gasteiger partial charge in [0.15, 0.2) is 0 Å². The molecular weight excluding hydrogens is 304 g/mol. The van der Waals surface area contributed by atoms with Crippen molar-refractivity contribution >= 4 is 26.0 Å². The van der Waals surface area contributed by atoms with E-state index in [1.807, 2.05) is 6.07 Å². The highest BCUT2D eigenvalue weighted by atomic mass is 35.7. The fraction of sp³-hybridized carbons (Fsp3) is 0.462. The highest BCUT2D eigenvalue weighted by molar-refractivity contribution is 8.09. The molecular formula is C13H17ClO5S. The minimum atomic E-state index is -3.98. The van der Waals surface area contributed by atoms with Crippen molar-refractivity contribution in [3.8, 4) is 0 Å². The summed E-state index contributed by atoms with van der Waals surface area (Å²) in [5.41, 5.74) is 0.00347. The molecule has 0 fully saturated rings. The Balaban J connectivity index is 2.38. The van der Waals surface area contributed by atoms with Gasteiger partial charge >= 0.3 is 15.3 Å². The number of esters is 1. The van der Waals surface area contributed by atoms with Crippen LogP contribution in [0, 0.1) is 5.41 Å². The van der Waals surface area contributed by atoms with E-state index in [9.17, 15) is 13.2 Å². The lowest BCUT2D eigenvalue weighted by molar-refractivity contribution is 0.0429. The average molecular weight is 321 g/mol. The first-order valence-corrected chi connectivity index (χ1v) is 8.24. The van der Waals surface area contributed by atoms with Crippen molar-refractivity contribution in [2.45, 2.75) is 20.3 Å². The molecule has 0 spiro atoms. The van der Waals surface area contributed by atoms with Crippen LogP contribution in [0.25, 0.3) is 0 Å². The average Bonchev–Trinajstić information content (AvgIpc) is 2.37. The summed E-state index contributed by atoms with van der Waals surface area (Å²) >= 11 is 0. The smallest absolute Gasteiger partial charge is 0.355 e. The second-order valence-corrected chi connectivity index (χ2v) is 7.23. The topological polar surface area (TPSA) is 69.7 Å². The standard InChI is InChI=1S/C13H17ClO5S/c1-13(2,10-19-20(14,16)17)8-9-18-12(15)11-6-4-3-5-7-11/h3-7H,8-10H2,1-2H3. The summed E-state index contributed by atoms with van der Waals surface area (Å²) in [5.74, 6) is -0.410. The van der Waals surface area contributed by atoms with Gasteiger partial charge in [-0.1, -0.05) is 32.0 Å². The monoisotopic (exact) mass is 320 g/mol. The summed E-state index contributed by atoms with van der Waals surface area (Å²) in [5, 5.41) is 0. The molecule has 7 heteroatoms. The lowest BCUT2D eigenvalue weighted by atomic mass is 9.91. The normalized spacial score (nSPS) is 12.2. The van der Waals surface area contributed by atoms with Crippen LogP contribution in [0.3, 0.4) is 0 Å². The molecule has 0 saturated carbocycles. The summed E-state index contributed by atoms with van der Waals surface area (Å²) in [6, 6.07) is 8.64. The van der Waals surface area contributed by atoms with Crippen molar-refractivity contribution in [1.82, 2.24) is 0 Å². The van der Waals surface area contributed by atoms with Gasteiger partial charge in [0, 0.05) is 10.7 Å². The van der Waals surface area contributed by atoms with E-state index >= 15 is 0 Å². The van der Waals surface area contributed by atoms with Crippen LogP contribution < -0.4 is 0 Å². The van der Waals surface area contributed by atoms with E-state index in [2.05, 4.69) is 4.18 Å². The fourth-order valence-corrected chi connectivity index (χ4v) is 1.97. The van der Waals surface area contributed by atoms with Gasteiger partial charge in [-0.25, -0.2) is 4.79 Å². The maximum atomic E-state index is 11.7. The van der Waals surface area contributed by atoms with Crippen molar-refractivity contribution in [3.63, 3.8) is 0 Å². The summed E-state index contributed by atoms with van der Waals surface area (Å²) in [6.07, 6.45) is 0.456. The van der Waals surface area contributed by atoms with Crippen LogP contribution in [0.2, 0.25) is 0 Å².